The van der Waals surface area contributed by atoms with E-state index in [1.165, 1.54) is 12.1 Å². The number of aromatic nitrogens is 4. The number of benzene rings is 1. The molecule has 0 aliphatic carbocycles. The van der Waals surface area contributed by atoms with Gasteiger partial charge in [0.25, 0.3) is 0 Å². The van der Waals surface area contributed by atoms with E-state index in [9.17, 15) is 4.39 Å². The minimum Gasteiger partial charge on any atom is -0.469 e. The van der Waals surface area contributed by atoms with E-state index in [1.54, 1.807) is 35.5 Å². The van der Waals surface area contributed by atoms with E-state index >= 15 is 0 Å². The van der Waals surface area contributed by atoms with Crippen LogP contribution in [-0.4, -0.2) is 26.3 Å². The largest absolute Gasteiger partial charge is 0.469 e. The molecule has 1 aromatic carbocycles. The van der Waals surface area contributed by atoms with Gasteiger partial charge < -0.3 is 9.73 Å². The standard InChI is InChI=1S/C19H16FN5O/c20-15-3-5-16(6-4-15)25-13-14(12-23-25)18-8-10-22-19(24-18)21-9-7-17-2-1-11-26-17/h1-6,8,10-13H,7,9H2,(H,21,22,24). The van der Waals surface area contributed by atoms with E-state index in [-0.39, 0.29) is 5.82 Å². The highest BCUT2D eigenvalue weighted by Gasteiger charge is 2.07. The molecule has 0 atom stereocenters. The van der Waals surface area contributed by atoms with Crippen LogP contribution in [0.5, 0.6) is 0 Å². The third kappa shape index (κ3) is 3.61. The van der Waals surface area contributed by atoms with Gasteiger partial charge in [0.1, 0.15) is 11.6 Å². The predicted octanol–water partition coefficient (Wildman–Crippen LogP) is 3.72. The number of halogens is 1. The molecule has 26 heavy (non-hydrogen) atoms. The molecule has 0 unspecified atom stereocenters. The van der Waals surface area contributed by atoms with Gasteiger partial charge in [-0.2, -0.15) is 5.10 Å². The topological polar surface area (TPSA) is 68.8 Å². The van der Waals surface area contributed by atoms with E-state index in [2.05, 4.69) is 20.4 Å². The Morgan fingerprint density at radius 2 is 2.00 bits per heavy atom. The fraction of sp³-hybridized carbons (Fsp3) is 0.105. The SMILES string of the molecule is Fc1ccc(-n2cc(-c3ccnc(NCCc4ccco4)n3)cn2)cc1. The summed E-state index contributed by atoms with van der Waals surface area (Å²) in [5.74, 6) is 1.18. The summed E-state index contributed by atoms with van der Waals surface area (Å²) >= 11 is 0. The van der Waals surface area contributed by atoms with Gasteiger partial charge in [0.15, 0.2) is 0 Å². The minimum atomic E-state index is -0.276. The number of rotatable bonds is 6. The molecule has 3 aromatic heterocycles. The molecule has 0 aliphatic heterocycles. The monoisotopic (exact) mass is 349 g/mol. The summed E-state index contributed by atoms with van der Waals surface area (Å²) in [6.07, 6.45) is 7.68. The second-order valence-electron chi connectivity index (χ2n) is 5.67. The van der Waals surface area contributed by atoms with Crippen molar-refractivity contribution in [3.05, 3.63) is 78.9 Å². The normalized spacial score (nSPS) is 10.8. The van der Waals surface area contributed by atoms with Crippen molar-refractivity contribution in [3.63, 3.8) is 0 Å². The Balaban J connectivity index is 1.47. The van der Waals surface area contributed by atoms with Crippen molar-refractivity contribution in [2.45, 2.75) is 6.42 Å². The van der Waals surface area contributed by atoms with Crippen molar-refractivity contribution in [1.29, 1.82) is 0 Å². The number of hydrogen-bond donors (Lipinski definition) is 1. The van der Waals surface area contributed by atoms with Gasteiger partial charge in [0.05, 0.1) is 23.8 Å². The van der Waals surface area contributed by atoms with E-state index in [1.807, 2.05) is 24.4 Å². The smallest absolute Gasteiger partial charge is 0.223 e. The van der Waals surface area contributed by atoms with Gasteiger partial charge in [0, 0.05) is 30.9 Å². The summed E-state index contributed by atoms with van der Waals surface area (Å²) in [6, 6.07) is 11.8. The third-order valence-corrected chi connectivity index (χ3v) is 3.86. The predicted molar refractivity (Wildman–Crippen MR) is 95.4 cm³/mol. The van der Waals surface area contributed by atoms with Gasteiger partial charge in [-0.25, -0.2) is 19.0 Å². The highest BCUT2D eigenvalue weighted by Crippen LogP contribution is 2.19. The van der Waals surface area contributed by atoms with Crippen LogP contribution >= 0.6 is 0 Å². The van der Waals surface area contributed by atoms with Crippen LogP contribution in [0.1, 0.15) is 5.76 Å². The molecule has 0 saturated carbocycles. The minimum absolute atomic E-state index is 0.276. The quantitative estimate of drug-likeness (QED) is 0.575. The molecule has 6 nitrogen and oxygen atoms in total. The van der Waals surface area contributed by atoms with Crippen molar-refractivity contribution < 1.29 is 8.81 Å². The first kappa shape index (κ1) is 16.0. The van der Waals surface area contributed by atoms with Crippen molar-refractivity contribution in [3.8, 4) is 16.9 Å². The van der Waals surface area contributed by atoms with Crippen LogP contribution < -0.4 is 5.32 Å². The molecule has 0 aliphatic rings. The van der Waals surface area contributed by atoms with Gasteiger partial charge >= 0.3 is 0 Å². The Hall–Kier alpha value is -3.48. The molecule has 0 radical (unpaired) electrons. The second-order valence-corrected chi connectivity index (χ2v) is 5.67. The van der Waals surface area contributed by atoms with Gasteiger partial charge in [-0.15, -0.1) is 0 Å². The van der Waals surface area contributed by atoms with Crippen molar-refractivity contribution >= 4 is 5.95 Å². The first-order valence-electron chi connectivity index (χ1n) is 8.18. The molecular formula is C19H16FN5O. The Bertz CT molecular complexity index is 979. The summed E-state index contributed by atoms with van der Waals surface area (Å²) in [6.45, 7) is 0.672. The fourth-order valence-corrected chi connectivity index (χ4v) is 2.55. The van der Waals surface area contributed by atoms with Gasteiger partial charge in [0.2, 0.25) is 5.95 Å². The average Bonchev–Trinajstić information content (AvgIpc) is 3.35. The van der Waals surface area contributed by atoms with Crippen LogP contribution in [0.25, 0.3) is 16.9 Å². The van der Waals surface area contributed by atoms with E-state index in [4.69, 9.17) is 4.42 Å². The molecule has 0 fully saturated rings. The van der Waals surface area contributed by atoms with E-state index in [0.29, 0.717) is 12.5 Å². The van der Waals surface area contributed by atoms with E-state index < -0.39 is 0 Å². The van der Waals surface area contributed by atoms with Crippen molar-refractivity contribution in [2.75, 3.05) is 11.9 Å². The molecule has 1 N–H and O–H groups in total. The zero-order valence-electron chi connectivity index (χ0n) is 13.8. The molecule has 3 heterocycles. The van der Waals surface area contributed by atoms with Gasteiger partial charge in [-0.3, -0.25) is 0 Å². The lowest BCUT2D eigenvalue weighted by molar-refractivity contribution is 0.512. The first-order valence-corrected chi connectivity index (χ1v) is 8.18. The van der Waals surface area contributed by atoms with E-state index in [0.717, 1.165) is 29.1 Å². The maximum Gasteiger partial charge on any atom is 0.223 e. The summed E-state index contributed by atoms with van der Waals surface area (Å²) in [4.78, 5) is 8.75. The van der Waals surface area contributed by atoms with Crippen LogP contribution in [0.4, 0.5) is 10.3 Å². The van der Waals surface area contributed by atoms with Crippen LogP contribution in [0.15, 0.2) is 71.7 Å². The Morgan fingerprint density at radius 1 is 1.12 bits per heavy atom. The maximum absolute atomic E-state index is 13.0. The summed E-state index contributed by atoms with van der Waals surface area (Å²) in [7, 11) is 0. The molecule has 0 spiro atoms. The number of furan rings is 1. The summed E-state index contributed by atoms with van der Waals surface area (Å²) < 4.78 is 20.0. The highest BCUT2D eigenvalue weighted by atomic mass is 19.1. The molecule has 7 heteroatoms. The zero-order valence-corrected chi connectivity index (χ0v) is 13.8. The van der Waals surface area contributed by atoms with Gasteiger partial charge in [-0.05, 0) is 42.5 Å². The number of nitrogens with one attached hydrogen (secondary N) is 1. The molecule has 0 bridgehead atoms. The molecule has 0 amide bonds. The third-order valence-electron chi connectivity index (χ3n) is 3.86. The summed E-state index contributed by atoms with van der Waals surface area (Å²) in [5.41, 5.74) is 2.39. The maximum atomic E-state index is 13.0. The van der Waals surface area contributed by atoms with Gasteiger partial charge in [-0.1, -0.05) is 0 Å². The fourth-order valence-electron chi connectivity index (χ4n) is 2.55. The zero-order chi connectivity index (χ0) is 17.8. The van der Waals surface area contributed by atoms with Crippen molar-refractivity contribution in [1.82, 2.24) is 19.7 Å². The van der Waals surface area contributed by atoms with Crippen LogP contribution in [0, 0.1) is 5.82 Å². The number of nitrogens with zero attached hydrogens (tertiary/aromatic N) is 4. The van der Waals surface area contributed by atoms with Crippen LogP contribution in [-0.2, 0) is 6.42 Å². The average molecular weight is 349 g/mol. The Labute approximate surface area is 149 Å². The molecule has 130 valence electrons. The lowest BCUT2D eigenvalue weighted by atomic mass is 10.2. The van der Waals surface area contributed by atoms with Crippen LogP contribution in [0.2, 0.25) is 0 Å². The number of hydrogen-bond acceptors (Lipinski definition) is 5. The lowest BCUT2D eigenvalue weighted by Gasteiger charge is -2.04. The number of anilines is 1. The molecular weight excluding hydrogens is 333 g/mol. The molecule has 0 saturated heterocycles. The molecule has 4 aromatic rings. The summed E-state index contributed by atoms with van der Waals surface area (Å²) in [5, 5.41) is 7.51. The second kappa shape index (κ2) is 7.18. The lowest BCUT2D eigenvalue weighted by Crippen LogP contribution is -2.07. The highest BCUT2D eigenvalue weighted by molar-refractivity contribution is 5.58. The Kier molecular flexibility index (Phi) is 4.42. The first-order chi connectivity index (χ1) is 12.8. The van der Waals surface area contributed by atoms with Crippen LogP contribution in [0.3, 0.4) is 0 Å². The van der Waals surface area contributed by atoms with Crippen molar-refractivity contribution in [2.24, 2.45) is 0 Å². The Morgan fingerprint density at radius 3 is 2.81 bits per heavy atom. The molecule has 4 rings (SSSR count).